The minimum absolute atomic E-state index is 0.152. The van der Waals surface area contributed by atoms with Crippen molar-refractivity contribution in [3.8, 4) is 0 Å². The molecule has 20 heavy (non-hydrogen) atoms. The number of anilines is 1. The van der Waals surface area contributed by atoms with Crippen LogP contribution in [0.1, 0.15) is 22.6 Å². The predicted octanol–water partition coefficient (Wildman–Crippen LogP) is 3.46. The van der Waals surface area contributed by atoms with E-state index in [2.05, 4.69) is 15.3 Å². The van der Waals surface area contributed by atoms with Crippen LogP contribution in [0.25, 0.3) is 0 Å². The van der Waals surface area contributed by atoms with Crippen LogP contribution in [-0.2, 0) is 0 Å². The smallest absolute Gasteiger partial charge is 0.297 e. The third-order valence-corrected chi connectivity index (χ3v) is 2.59. The van der Waals surface area contributed by atoms with Crippen LogP contribution in [0, 0.1) is 5.82 Å². The van der Waals surface area contributed by atoms with E-state index < -0.39 is 24.0 Å². The van der Waals surface area contributed by atoms with Crippen molar-refractivity contribution in [1.29, 1.82) is 0 Å². The van der Waals surface area contributed by atoms with Gasteiger partial charge in [-0.05, 0) is 24.3 Å². The lowest BCUT2D eigenvalue weighted by Gasteiger charge is -2.07. The molecule has 1 heterocycles. The highest BCUT2D eigenvalue weighted by molar-refractivity contribution is 6.33. The number of amides is 1. The van der Waals surface area contributed by atoms with Crippen LogP contribution >= 0.6 is 11.6 Å². The standard InChI is InChI=1S/C12H7ClF3N3O/c13-9-8(5-17-11(19-9)10(15)16)12(20)18-7-3-1-6(14)2-4-7/h1-5,10H,(H,18,20). The molecular formula is C12H7ClF3N3O. The third-order valence-electron chi connectivity index (χ3n) is 2.30. The summed E-state index contributed by atoms with van der Waals surface area (Å²) in [4.78, 5) is 18.5. The zero-order valence-electron chi connectivity index (χ0n) is 9.78. The normalized spacial score (nSPS) is 10.7. The van der Waals surface area contributed by atoms with Crippen LogP contribution in [0.3, 0.4) is 0 Å². The lowest BCUT2D eigenvalue weighted by Crippen LogP contribution is -2.14. The average Bonchev–Trinajstić information content (AvgIpc) is 2.41. The molecule has 1 aromatic heterocycles. The van der Waals surface area contributed by atoms with E-state index in [0.29, 0.717) is 5.69 Å². The van der Waals surface area contributed by atoms with Crippen LogP contribution < -0.4 is 5.32 Å². The van der Waals surface area contributed by atoms with Crippen molar-refractivity contribution in [3.05, 3.63) is 52.8 Å². The number of hydrogen-bond donors (Lipinski definition) is 1. The molecule has 0 bridgehead atoms. The molecule has 0 atom stereocenters. The SMILES string of the molecule is O=C(Nc1ccc(F)cc1)c1cnc(C(F)F)nc1Cl. The summed E-state index contributed by atoms with van der Waals surface area (Å²) in [5.41, 5.74) is 0.172. The molecule has 0 radical (unpaired) electrons. The summed E-state index contributed by atoms with van der Waals surface area (Å²) in [6, 6.07) is 5.01. The Bertz CT molecular complexity index is 634. The summed E-state index contributed by atoms with van der Waals surface area (Å²) in [5.74, 6) is -1.89. The van der Waals surface area contributed by atoms with Gasteiger partial charge in [-0.1, -0.05) is 11.6 Å². The van der Waals surface area contributed by atoms with Crippen molar-refractivity contribution in [2.75, 3.05) is 5.32 Å². The van der Waals surface area contributed by atoms with Crippen molar-refractivity contribution in [2.45, 2.75) is 6.43 Å². The Balaban J connectivity index is 2.19. The van der Waals surface area contributed by atoms with Gasteiger partial charge in [-0.3, -0.25) is 4.79 Å². The molecule has 104 valence electrons. The second-order valence-corrected chi connectivity index (χ2v) is 4.05. The maximum Gasteiger partial charge on any atom is 0.297 e. The number of nitrogens with zero attached hydrogens (tertiary/aromatic N) is 2. The number of alkyl halides is 2. The van der Waals surface area contributed by atoms with Gasteiger partial charge in [-0.25, -0.2) is 23.1 Å². The number of benzene rings is 1. The summed E-state index contributed by atoms with van der Waals surface area (Å²) < 4.78 is 37.4. The van der Waals surface area contributed by atoms with Crippen molar-refractivity contribution < 1.29 is 18.0 Å². The highest BCUT2D eigenvalue weighted by Gasteiger charge is 2.17. The molecule has 0 fully saturated rings. The van der Waals surface area contributed by atoms with Crippen LogP contribution in [0.15, 0.2) is 30.5 Å². The largest absolute Gasteiger partial charge is 0.322 e. The summed E-state index contributed by atoms with van der Waals surface area (Å²) in [5, 5.41) is 2.04. The zero-order chi connectivity index (χ0) is 14.7. The van der Waals surface area contributed by atoms with Gasteiger partial charge in [0.15, 0.2) is 5.82 Å². The highest BCUT2D eigenvalue weighted by atomic mass is 35.5. The molecule has 0 saturated heterocycles. The van der Waals surface area contributed by atoms with Gasteiger partial charge in [0.25, 0.3) is 12.3 Å². The molecule has 0 aliphatic rings. The maximum absolute atomic E-state index is 12.7. The molecule has 2 rings (SSSR count). The molecule has 8 heteroatoms. The molecule has 0 saturated carbocycles. The molecule has 1 aromatic carbocycles. The van der Waals surface area contributed by atoms with Gasteiger partial charge in [0.2, 0.25) is 0 Å². The van der Waals surface area contributed by atoms with Gasteiger partial charge in [0.05, 0.1) is 5.56 Å². The second-order valence-electron chi connectivity index (χ2n) is 3.69. The average molecular weight is 302 g/mol. The van der Waals surface area contributed by atoms with Crippen LogP contribution in [0.5, 0.6) is 0 Å². The molecule has 4 nitrogen and oxygen atoms in total. The van der Waals surface area contributed by atoms with E-state index in [1.54, 1.807) is 0 Å². The Morgan fingerprint density at radius 2 is 1.90 bits per heavy atom. The van der Waals surface area contributed by atoms with E-state index in [0.717, 1.165) is 18.3 Å². The van der Waals surface area contributed by atoms with Gasteiger partial charge in [0, 0.05) is 11.9 Å². The summed E-state index contributed by atoms with van der Waals surface area (Å²) >= 11 is 5.65. The van der Waals surface area contributed by atoms with Crippen molar-refractivity contribution in [1.82, 2.24) is 9.97 Å². The molecule has 2 aromatic rings. The van der Waals surface area contributed by atoms with E-state index in [9.17, 15) is 18.0 Å². The maximum atomic E-state index is 12.7. The van der Waals surface area contributed by atoms with Crippen molar-refractivity contribution in [3.63, 3.8) is 0 Å². The van der Waals surface area contributed by atoms with Crippen molar-refractivity contribution in [2.24, 2.45) is 0 Å². The minimum Gasteiger partial charge on any atom is -0.322 e. The Morgan fingerprint density at radius 1 is 1.25 bits per heavy atom. The Labute approximate surface area is 116 Å². The van der Waals surface area contributed by atoms with Crippen LogP contribution in [0.4, 0.5) is 18.9 Å². The third kappa shape index (κ3) is 3.24. The van der Waals surface area contributed by atoms with Crippen LogP contribution in [-0.4, -0.2) is 15.9 Å². The summed E-state index contributed by atoms with van der Waals surface area (Å²) in [7, 11) is 0. The Hall–Kier alpha value is -2.15. The molecule has 0 aliphatic carbocycles. The van der Waals surface area contributed by atoms with Gasteiger partial charge in [-0.15, -0.1) is 0 Å². The molecule has 0 spiro atoms. The number of aromatic nitrogens is 2. The lowest BCUT2D eigenvalue weighted by atomic mass is 10.2. The van der Waals surface area contributed by atoms with E-state index in [1.165, 1.54) is 12.1 Å². The topological polar surface area (TPSA) is 54.9 Å². The predicted molar refractivity (Wildman–Crippen MR) is 66.4 cm³/mol. The van der Waals surface area contributed by atoms with E-state index >= 15 is 0 Å². The van der Waals surface area contributed by atoms with Gasteiger partial charge in [-0.2, -0.15) is 0 Å². The molecule has 0 aliphatic heterocycles. The number of halogens is 4. The number of nitrogens with one attached hydrogen (secondary N) is 1. The van der Waals surface area contributed by atoms with Crippen molar-refractivity contribution >= 4 is 23.2 Å². The number of carbonyl (C=O) groups is 1. The van der Waals surface area contributed by atoms with E-state index in [4.69, 9.17) is 11.6 Å². The van der Waals surface area contributed by atoms with E-state index in [1.807, 2.05) is 0 Å². The zero-order valence-corrected chi connectivity index (χ0v) is 10.5. The number of carbonyl (C=O) groups excluding carboxylic acids is 1. The fourth-order valence-corrected chi connectivity index (χ4v) is 1.58. The number of rotatable bonds is 3. The number of hydrogen-bond acceptors (Lipinski definition) is 3. The monoisotopic (exact) mass is 301 g/mol. The minimum atomic E-state index is -2.87. The van der Waals surface area contributed by atoms with Gasteiger partial charge >= 0.3 is 0 Å². The van der Waals surface area contributed by atoms with Gasteiger partial charge in [0.1, 0.15) is 11.0 Å². The second kappa shape index (κ2) is 5.87. The summed E-state index contributed by atoms with van der Waals surface area (Å²) in [6.45, 7) is 0. The Morgan fingerprint density at radius 3 is 2.45 bits per heavy atom. The first kappa shape index (κ1) is 14.3. The quantitative estimate of drug-likeness (QED) is 0.883. The highest BCUT2D eigenvalue weighted by Crippen LogP contribution is 2.20. The van der Waals surface area contributed by atoms with E-state index in [-0.39, 0.29) is 10.7 Å². The fraction of sp³-hybridized carbons (Fsp3) is 0.0833. The molecular weight excluding hydrogens is 295 g/mol. The molecule has 0 unspecified atom stereocenters. The lowest BCUT2D eigenvalue weighted by molar-refractivity contribution is 0.102. The fourth-order valence-electron chi connectivity index (χ4n) is 1.36. The van der Waals surface area contributed by atoms with Crippen LogP contribution in [0.2, 0.25) is 5.15 Å². The first-order valence-corrected chi connectivity index (χ1v) is 5.72. The van der Waals surface area contributed by atoms with Gasteiger partial charge < -0.3 is 5.32 Å². The molecule has 1 N–H and O–H groups in total. The summed E-state index contributed by atoms with van der Waals surface area (Å²) in [6.07, 6.45) is -1.96. The first-order valence-electron chi connectivity index (χ1n) is 5.35. The Kier molecular flexibility index (Phi) is 4.19. The molecule has 1 amide bonds. The first-order chi connectivity index (χ1) is 9.47.